The van der Waals surface area contributed by atoms with Gasteiger partial charge in [0.2, 0.25) is 0 Å². The molecule has 4 nitrogen and oxygen atoms in total. The molecule has 0 amide bonds. The molecule has 0 bridgehead atoms. The summed E-state index contributed by atoms with van der Waals surface area (Å²) in [6.07, 6.45) is -3.07. The molecule has 3 N–H and O–H groups in total. The van der Waals surface area contributed by atoms with Crippen LogP contribution in [0.3, 0.4) is 0 Å². The highest BCUT2D eigenvalue weighted by Crippen LogP contribution is 2.17. The predicted octanol–water partition coefficient (Wildman–Crippen LogP) is -1.16. The summed E-state index contributed by atoms with van der Waals surface area (Å²) in [5.41, 5.74) is 0. The third-order valence-electron chi connectivity index (χ3n) is 1.69. The van der Waals surface area contributed by atoms with Gasteiger partial charge in [-0.15, -0.1) is 0 Å². The van der Waals surface area contributed by atoms with Crippen LogP contribution in [0.25, 0.3) is 0 Å². The van der Waals surface area contributed by atoms with Gasteiger partial charge in [-0.1, -0.05) is 0 Å². The van der Waals surface area contributed by atoms with Gasteiger partial charge >= 0.3 is 0 Å². The van der Waals surface area contributed by atoms with Crippen molar-refractivity contribution in [3.05, 3.63) is 0 Å². The summed E-state index contributed by atoms with van der Waals surface area (Å²) >= 11 is 0. The van der Waals surface area contributed by atoms with E-state index in [1.807, 2.05) is 0 Å². The lowest BCUT2D eigenvalue weighted by Gasteiger charge is -2.32. The Labute approximate surface area is 59.1 Å². The Morgan fingerprint density at radius 1 is 1.30 bits per heavy atom. The minimum Gasteiger partial charge on any atom is -0.390 e. The molecule has 0 aliphatic carbocycles. The molecule has 0 spiro atoms. The van der Waals surface area contributed by atoms with Crippen molar-refractivity contribution in [3.63, 3.8) is 0 Å². The Kier molecular flexibility index (Phi) is 2.25. The maximum Gasteiger partial charge on any atom is 0.157 e. The van der Waals surface area contributed by atoms with Crippen LogP contribution in [0.1, 0.15) is 13.3 Å². The van der Waals surface area contributed by atoms with Crippen molar-refractivity contribution < 1.29 is 20.1 Å². The second-order valence-corrected chi connectivity index (χ2v) is 2.59. The highest BCUT2D eigenvalue weighted by Gasteiger charge is 2.32. The van der Waals surface area contributed by atoms with Crippen LogP contribution < -0.4 is 0 Å². The van der Waals surface area contributed by atoms with Crippen molar-refractivity contribution in [2.45, 2.75) is 37.9 Å². The largest absolute Gasteiger partial charge is 0.390 e. The average Bonchev–Trinajstić information content (AvgIpc) is 1.82. The zero-order valence-corrected chi connectivity index (χ0v) is 5.77. The molecule has 1 aliphatic rings. The van der Waals surface area contributed by atoms with Crippen molar-refractivity contribution in [1.29, 1.82) is 0 Å². The van der Waals surface area contributed by atoms with Gasteiger partial charge in [0, 0.05) is 6.42 Å². The molecule has 0 radical (unpaired) electrons. The lowest BCUT2D eigenvalue weighted by atomic mass is 10.0. The van der Waals surface area contributed by atoms with E-state index in [9.17, 15) is 0 Å². The summed E-state index contributed by atoms with van der Waals surface area (Å²) in [6, 6.07) is 0. The van der Waals surface area contributed by atoms with Crippen LogP contribution >= 0.6 is 0 Å². The number of aliphatic hydroxyl groups is 3. The predicted molar refractivity (Wildman–Crippen MR) is 33.2 cm³/mol. The van der Waals surface area contributed by atoms with Crippen LogP contribution in [-0.4, -0.2) is 39.9 Å². The maximum absolute atomic E-state index is 9.08. The normalized spacial score (nSPS) is 49.2. The Balaban J connectivity index is 2.49. The van der Waals surface area contributed by atoms with Gasteiger partial charge in [-0.05, 0) is 6.92 Å². The van der Waals surface area contributed by atoms with E-state index in [1.165, 1.54) is 0 Å². The second kappa shape index (κ2) is 2.84. The molecule has 0 saturated carbocycles. The van der Waals surface area contributed by atoms with E-state index in [-0.39, 0.29) is 6.42 Å². The quantitative estimate of drug-likeness (QED) is 0.405. The molecule has 0 aromatic rings. The van der Waals surface area contributed by atoms with Gasteiger partial charge in [0.15, 0.2) is 6.29 Å². The third kappa shape index (κ3) is 1.46. The smallest absolute Gasteiger partial charge is 0.157 e. The van der Waals surface area contributed by atoms with Crippen molar-refractivity contribution in [3.8, 4) is 0 Å². The highest BCUT2D eigenvalue weighted by molar-refractivity contribution is 4.78. The summed E-state index contributed by atoms with van der Waals surface area (Å²) in [5.74, 6) is 0. The summed E-state index contributed by atoms with van der Waals surface area (Å²) in [5, 5.41) is 27.0. The van der Waals surface area contributed by atoms with Crippen LogP contribution in [0.5, 0.6) is 0 Å². The first-order valence-corrected chi connectivity index (χ1v) is 3.31. The lowest BCUT2D eigenvalue weighted by molar-refractivity contribution is -0.226. The van der Waals surface area contributed by atoms with Gasteiger partial charge in [-0.2, -0.15) is 0 Å². The summed E-state index contributed by atoms with van der Waals surface area (Å²) in [4.78, 5) is 0. The van der Waals surface area contributed by atoms with Gasteiger partial charge in [0.05, 0.1) is 12.2 Å². The van der Waals surface area contributed by atoms with E-state index in [0.29, 0.717) is 0 Å². The molecule has 0 aromatic carbocycles. The van der Waals surface area contributed by atoms with Gasteiger partial charge in [-0.25, -0.2) is 0 Å². The van der Waals surface area contributed by atoms with Gasteiger partial charge < -0.3 is 20.1 Å². The van der Waals surface area contributed by atoms with Gasteiger partial charge in [-0.3, -0.25) is 0 Å². The topological polar surface area (TPSA) is 69.9 Å². The fourth-order valence-corrected chi connectivity index (χ4v) is 1.04. The number of ether oxygens (including phenoxy) is 1. The van der Waals surface area contributed by atoms with Crippen LogP contribution in [0.15, 0.2) is 0 Å². The molecule has 0 aromatic heterocycles. The van der Waals surface area contributed by atoms with E-state index < -0.39 is 24.6 Å². The van der Waals surface area contributed by atoms with Crippen LogP contribution in [0, 0.1) is 0 Å². The minimum absolute atomic E-state index is 0.0888. The Bertz CT molecular complexity index is 104. The van der Waals surface area contributed by atoms with Crippen LogP contribution in [0.4, 0.5) is 0 Å². The van der Waals surface area contributed by atoms with E-state index in [0.717, 1.165) is 0 Å². The van der Waals surface area contributed by atoms with Crippen molar-refractivity contribution in [2.75, 3.05) is 0 Å². The monoisotopic (exact) mass is 148 g/mol. The number of rotatable bonds is 0. The van der Waals surface area contributed by atoms with E-state index in [2.05, 4.69) is 0 Å². The van der Waals surface area contributed by atoms with Crippen molar-refractivity contribution in [2.24, 2.45) is 0 Å². The molecule has 1 fully saturated rings. The Morgan fingerprint density at radius 3 is 2.40 bits per heavy atom. The molecule has 60 valence electrons. The first-order chi connectivity index (χ1) is 4.61. The minimum atomic E-state index is -0.937. The molecular formula is C6H12O4. The van der Waals surface area contributed by atoms with E-state index in [4.69, 9.17) is 20.1 Å². The van der Waals surface area contributed by atoms with Gasteiger partial charge in [0.1, 0.15) is 6.10 Å². The molecule has 4 unspecified atom stereocenters. The molecule has 4 heteroatoms. The van der Waals surface area contributed by atoms with E-state index in [1.54, 1.807) is 6.92 Å². The summed E-state index contributed by atoms with van der Waals surface area (Å²) in [7, 11) is 0. The SMILES string of the molecule is CC1OC(O)CC(O)C1O. The zero-order valence-electron chi connectivity index (χ0n) is 5.77. The zero-order chi connectivity index (χ0) is 7.72. The second-order valence-electron chi connectivity index (χ2n) is 2.59. The molecule has 10 heavy (non-hydrogen) atoms. The van der Waals surface area contributed by atoms with Crippen LogP contribution in [-0.2, 0) is 4.74 Å². The van der Waals surface area contributed by atoms with Gasteiger partial charge in [0.25, 0.3) is 0 Å². The standard InChI is InChI=1S/C6H12O4/c1-3-6(9)4(7)2-5(8)10-3/h3-9H,2H2,1H3. The summed E-state index contributed by atoms with van der Waals surface area (Å²) in [6.45, 7) is 1.61. The molecule has 1 aliphatic heterocycles. The molecule has 4 atom stereocenters. The highest BCUT2D eigenvalue weighted by atomic mass is 16.6. The number of aliphatic hydroxyl groups excluding tert-OH is 3. The first kappa shape index (κ1) is 7.94. The van der Waals surface area contributed by atoms with Crippen molar-refractivity contribution in [1.82, 2.24) is 0 Å². The molecule has 1 rings (SSSR count). The first-order valence-electron chi connectivity index (χ1n) is 3.31. The van der Waals surface area contributed by atoms with Crippen molar-refractivity contribution >= 4 is 0 Å². The maximum atomic E-state index is 9.08. The summed E-state index contributed by atoms with van der Waals surface area (Å²) < 4.78 is 4.81. The Hall–Kier alpha value is -0.160. The fraction of sp³-hybridized carbons (Fsp3) is 1.00. The lowest BCUT2D eigenvalue weighted by Crippen LogP contribution is -2.46. The van der Waals surface area contributed by atoms with Crippen LogP contribution in [0.2, 0.25) is 0 Å². The van der Waals surface area contributed by atoms with E-state index >= 15 is 0 Å². The molecule has 1 heterocycles. The average molecular weight is 148 g/mol. The number of hydrogen-bond donors (Lipinski definition) is 3. The third-order valence-corrected chi connectivity index (χ3v) is 1.69. The fourth-order valence-electron chi connectivity index (χ4n) is 1.04. The number of hydrogen-bond acceptors (Lipinski definition) is 4. The Morgan fingerprint density at radius 2 is 1.90 bits per heavy atom. The molecule has 1 saturated heterocycles. The molecular weight excluding hydrogens is 136 g/mol.